The molecule has 3 rings (SSSR count). The normalized spacial score (nSPS) is 27.3. The number of rotatable bonds is 3. The fraction of sp³-hybridized carbons (Fsp3) is 0.600. The minimum Gasteiger partial charge on any atom is -0.489 e. The van der Waals surface area contributed by atoms with Crippen LogP contribution in [-0.2, 0) is 0 Å². The third kappa shape index (κ3) is 1.88. The molecule has 1 spiro atoms. The molecule has 2 aliphatic rings. The van der Waals surface area contributed by atoms with Crippen LogP contribution in [0.15, 0.2) is 18.2 Å². The number of benzene rings is 1. The molecule has 0 bridgehead atoms. The van der Waals surface area contributed by atoms with E-state index >= 15 is 0 Å². The van der Waals surface area contributed by atoms with Crippen molar-refractivity contribution in [3.8, 4) is 5.75 Å². The molecule has 20 heavy (non-hydrogen) atoms. The van der Waals surface area contributed by atoms with Crippen molar-refractivity contribution in [1.82, 2.24) is 0 Å². The first-order valence-electron chi connectivity index (χ1n) is 7.21. The second kappa shape index (κ2) is 4.74. The van der Waals surface area contributed by atoms with Crippen LogP contribution in [-0.4, -0.2) is 17.1 Å². The molecule has 2 aliphatic carbocycles. The van der Waals surface area contributed by atoms with Crippen molar-refractivity contribution >= 4 is 5.69 Å². The molecule has 2 fully saturated rings. The van der Waals surface area contributed by atoms with Crippen molar-refractivity contribution in [3.63, 3.8) is 0 Å². The molecule has 2 N–H and O–H groups in total. The number of nitro benzene ring substituents is 1. The van der Waals surface area contributed by atoms with E-state index in [1.165, 1.54) is 18.9 Å². The molecule has 0 radical (unpaired) electrons. The quantitative estimate of drug-likeness (QED) is 0.680. The van der Waals surface area contributed by atoms with Crippen LogP contribution < -0.4 is 10.5 Å². The molecule has 0 aromatic heterocycles. The zero-order valence-corrected chi connectivity index (χ0v) is 11.7. The van der Waals surface area contributed by atoms with Crippen molar-refractivity contribution in [3.05, 3.63) is 33.9 Å². The highest BCUT2D eigenvalue weighted by Crippen LogP contribution is 2.54. The van der Waals surface area contributed by atoms with Gasteiger partial charge in [0.1, 0.15) is 11.9 Å². The van der Waals surface area contributed by atoms with Gasteiger partial charge in [0, 0.05) is 23.9 Å². The minimum atomic E-state index is -0.361. The molecule has 0 aliphatic heterocycles. The summed E-state index contributed by atoms with van der Waals surface area (Å²) in [4.78, 5) is 10.6. The van der Waals surface area contributed by atoms with Gasteiger partial charge in [0.05, 0.1) is 10.5 Å². The summed E-state index contributed by atoms with van der Waals surface area (Å²) >= 11 is 0. The van der Waals surface area contributed by atoms with E-state index in [0.717, 1.165) is 19.3 Å². The van der Waals surface area contributed by atoms with Crippen LogP contribution in [0, 0.1) is 22.5 Å². The molecular formula is C15H20N2O3. The van der Waals surface area contributed by atoms with Crippen molar-refractivity contribution in [1.29, 1.82) is 0 Å². The van der Waals surface area contributed by atoms with Crippen LogP contribution in [0.5, 0.6) is 5.75 Å². The van der Waals surface area contributed by atoms with E-state index in [4.69, 9.17) is 10.5 Å². The minimum absolute atomic E-state index is 0.108. The van der Waals surface area contributed by atoms with E-state index in [0.29, 0.717) is 11.3 Å². The number of hydrogen-bond donors (Lipinski definition) is 1. The van der Waals surface area contributed by atoms with E-state index in [2.05, 4.69) is 0 Å². The van der Waals surface area contributed by atoms with Gasteiger partial charge in [-0.3, -0.25) is 10.1 Å². The summed E-state index contributed by atoms with van der Waals surface area (Å²) in [7, 11) is 0. The lowest BCUT2D eigenvalue weighted by Crippen LogP contribution is -2.62. The molecule has 2 atom stereocenters. The maximum absolute atomic E-state index is 11.0. The van der Waals surface area contributed by atoms with Crippen LogP contribution in [0.3, 0.4) is 0 Å². The lowest BCUT2D eigenvalue weighted by Gasteiger charge is -2.52. The van der Waals surface area contributed by atoms with Gasteiger partial charge in [-0.25, -0.2) is 0 Å². The Bertz CT molecular complexity index is 538. The zero-order valence-electron chi connectivity index (χ0n) is 11.7. The molecular weight excluding hydrogens is 256 g/mol. The van der Waals surface area contributed by atoms with Crippen molar-refractivity contribution in [2.75, 3.05) is 0 Å². The SMILES string of the molecule is Cc1c(OC2CC(N)C23CCCC3)cccc1[N+](=O)[O-]. The smallest absolute Gasteiger partial charge is 0.276 e. The Morgan fingerprint density at radius 3 is 2.70 bits per heavy atom. The fourth-order valence-corrected chi connectivity index (χ4v) is 3.75. The highest BCUT2D eigenvalue weighted by atomic mass is 16.6. The maximum Gasteiger partial charge on any atom is 0.276 e. The van der Waals surface area contributed by atoms with Gasteiger partial charge in [0.15, 0.2) is 0 Å². The molecule has 0 heterocycles. The Balaban J connectivity index is 1.82. The van der Waals surface area contributed by atoms with Crippen molar-refractivity contribution in [2.45, 2.75) is 51.2 Å². The molecule has 1 aromatic carbocycles. The summed E-state index contributed by atoms with van der Waals surface area (Å²) in [6, 6.07) is 5.23. The van der Waals surface area contributed by atoms with Gasteiger partial charge in [0.2, 0.25) is 0 Å². The highest BCUT2D eigenvalue weighted by Gasteiger charge is 2.56. The standard InChI is InChI=1S/C15H20N2O3/c1-10-11(17(18)19)5-4-6-12(10)20-14-9-13(16)15(14)7-2-3-8-15/h4-6,13-14H,2-3,7-9,16H2,1H3. The Morgan fingerprint density at radius 2 is 2.10 bits per heavy atom. The molecule has 1 aromatic rings. The number of nitro groups is 1. The van der Waals surface area contributed by atoms with Crippen LogP contribution in [0.25, 0.3) is 0 Å². The van der Waals surface area contributed by atoms with Crippen molar-refractivity contribution in [2.24, 2.45) is 11.1 Å². The second-order valence-corrected chi connectivity index (χ2v) is 6.05. The lowest BCUT2D eigenvalue weighted by molar-refractivity contribution is -0.385. The molecule has 0 saturated heterocycles. The number of ether oxygens (including phenoxy) is 1. The summed E-state index contributed by atoms with van der Waals surface area (Å²) in [5.41, 5.74) is 7.02. The first-order valence-corrected chi connectivity index (χ1v) is 7.21. The van der Waals surface area contributed by atoms with Crippen LogP contribution in [0.4, 0.5) is 5.69 Å². The molecule has 5 heteroatoms. The molecule has 108 valence electrons. The third-order valence-corrected chi connectivity index (χ3v) is 5.10. The Hall–Kier alpha value is -1.62. The van der Waals surface area contributed by atoms with Crippen LogP contribution in [0.2, 0.25) is 0 Å². The number of nitrogens with zero attached hydrogens (tertiary/aromatic N) is 1. The maximum atomic E-state index is 11.0. The predicted octanol–water partition coefficient (Wildman–Crippen LogP) is 2.94. The van der Waals surface area contributed by atoms with Gasteiger partial charge in [0.25, 0.3) is 5.69 Å². The fourth-order valence-electron chi connectivity index (χ4n) is 3.75. The summed E-state index contributed by atoms with van der Waals surface area (Å²) in [6.07, 6.45) is 5.62. The van der Waals surface area contributed by atoms with Gasteiger partial charge < -0.3 is 10.5 Å². The number of hydrogen-bond acceptors (Lipinski definition) is 4. The van der Waals surface area contributed by atoms with E-state index in [1.54, 1.807) is 13.0 Å². The topological polar surface area (TPSA) is 78.4 Å². The van der Waals surface area contributed by atoms with Crippen LogP contribution in [0.1, 0.15) is 37.7 Å². The van der Waals surface area contributed by atoms with Gasteiger partial charge in [-0.05, 0) is 25.8 Å². The van der Waals surface area contributed by atoms with Gasteiger partial charge in [-0.15, -0.1) is 0 Å². The van der Waals surface area contributed by atoms with Gasteiger partial charge in [-0.1, -0.05) is 18.9 Å². The highest BCUT2D eigenvalue weighted by molar-refractivity contribution is 5.48. The first kappa shape index (κ1) is 13.4. The molecule has 2 unspecified atom stereocenters. The van der Waals surface area contributed by atoms with Crippen molar-refractivity contribution < 1.29 is 9.66 Å². The van der Waals surface area contributed by atoms with E-state index in [-0.39, 0.29) is 28.2 Å². The first-order chi connectivity index (χ1) is 9.54. The Morgan fingerprint density at radius 1 is 1.40 bits per heavy atom. The molecule has 2 saturated carbocycles. The average Bonchev–Trinajstić information content (AvgIpc) is 2.92. The third-order valence-electron chi connectivity index (χ3n) is 5.10. The Kier molecular flexibility index (Phi) is 3.17. The molecule has 0 amide bonds. The lowest BCUT2D eigenvalue weighted by atomic mass is 9.61. The van der Waals surface area contributed by atoms with Gasteiger partial charge in [-0.2, -0.15) is 0 Å². The second-order valence-electron chi connectivity index (χ2n) is 6.05. The van der Waals surface area contributed by atoms with E-state index in [9.17, 15) is 10.1 Å². The predicted molar refractivity (Wildman–Crippen MR) is 75.7 cm³/mol. The summed E-state index contributed by atoms with van der Waals surface area (Å²) in [5.74, 6) is 0.627. The average molecular weight is 276 g/mol. The number of nitrogens with two attached hydrogens (primary N) is 1. The summed E-state index contributed by atoms with van der Waals surface area (Å²) in [5, 5.41) is 11.0. The monoisotopic (exact) mass is 276 g/mol. The molecule has 5 nitrogen and oxygen atoms in total. The largest absolute Gasteiger partial charge is 0.489 e. The van der Waals surface area contributed by atoms with E-state index < -0.39 is 0 Å². The van der Waals surface area contributed by atoms with Crippen LogP contribution >= 0.6 is 0 Å². The van der Waals surface area contributed by atoms with Gasteiger partial charge >= 0.3 is 0 Å². The zero-order chi connectivity index (χ0) is 14.3. The van der Waals surface area contributed by atoms with E-state index in [1.807, 2.05) is 6.07 Å². The summed E-state index contributed by atoms with van der Waals surface area (Å²) in [6.45, 7) is 1.74. The Labute approximate surface area is 118 Å². The summed E-state index contributed by atoms with van der Waals surface area (Å²) < 4.78 is 6.10.